The molecule has 2 rings (SSSR count). The fourth-order valence-corrected chi connectivity index (χ4v) is 3.98. The Hall–Kier alpha value is -0.0800. The van der Waals surface area contributed by atoms with E-state index in [9.17, 15) is 0 Å². The van der Waals surface area contributed by atoms with Gasteiger partial charge >= 0.3 is 0 Å². The molecule has 0 N–H and O–H groups in total. The van der Waals surface area contributed by atoms with Gasteiger partial charge in [-0.15, -0.1) is 0 Å². The van der Waals surface area contributed by atoms with Gasteiger partial charge in [-0.1, -0.05) is 20.8 Å². The van der Waals surface area contributed by atoms with E-state index in [0.717, 1.165) is 23.6 Å². The molecule has 2 bridgehead atoms. The maximum atomic E-state index is 6.30. The first-order chi connectivity index (χ1) is 8.23. The lowest BCUT2D eigenvalue weighted by molar-refractivity contribution is -0.889. The molecule has 3 atom stereocenters. The Labute approximate surface area is 113 Å². The Balaban J connectivity index is 1.90. The molecule has 106 valence electrons. The van der Waals surface area contributed by atoms with Crippen molar-refractivity contribution >= 4 is 0 Å². The van der Waals surface area contributed by atoms with Crippen LogP contribution < -0.4 is 0 Å². The lowest BCUT2D eigenvalue weighted by Gasteiger charge is -2.39. The SMILES string of the molecule is CC[N+](C)(C)CCO[C@H]1C[C@@H]2CC[C@@]1(C)C2(C)C. The van der Waals surface area contributed by atoms with Gasteiger partial charge in [0.1, 0.15) is 6.54 Å². The van der Waals surface area contributed by atoms with Crippen molar-refractivity contribution in [2.24, 2.45) is 16.7 Å². The molecular formula is C16H32NO+. The van der Waals surface area contributed by atoms with Crippen LogP contribution in [0, 0.1) is 16.7 Å². The monoisotopic (exact) mass is 254 g/mol. The smallest absolute Gasteiger partial charge is 0.102 e. The van der Waals surface area contributed by atoms with Crippen molar-refractivity contribution in [2.45, 2.75) is 53.1 Å². The van der Waals surface area contributed by atoms with Gasteiger partial charge in [0.2, 0.25) is 0 Å². The van der Waals surface area contributed by atoms with Crippen LogP contribution in [-0.2, 0) is 4.74 Å². The van der Waals surface area contributed by atoms with E-state index in [4.69, 9.17) is 4.74 Å². The predicted octanol–water partition coefficient (Wildman–Crippen LogP) is 3.31. The van der Waals surface area contributed by atoms with E-state index in [1.165, 1.54) is 25.8 Å². The minimum absolute atomic E-state index is 0.418. The van der Waals surface area contributed by atoms with Crippen LogP contribution in [0.1, 0.15) is 47.0 Å². The van der Waals surface area contributed by atoms with Crippen LogP contribution in [-0.4, -0.2) is 44.4 Å². The molecule has 18 heavy (non-hydrogen) atoms. The molecule has 2 saturated carbocycles. The number of hydrogen-bond donors (Lipinski definition) is 0. The summed E-state index contributed by atoms with van der Waals surface area (Å²) in [5.74, 6) is 0.890. The first-order valence-electron chi connectivity index (χ1n) is 7.66. The second kappa shape index (κ2) is 4.49. The largest absolute Gasteiger partial charge is 0.372 e. The summed E-state index contributed by atoms with van der Waals surface area (Å²) >= 11 is 0. The Morgan fingerprint density at radius 3 is 2.33 bits per heavy atom. The highest BCUT2D eigenvalue weighted by Gasteiger charge is 2.61. The zero-order chi connectivity index (χ0) is 13.6. The highest BCUT2D eigenvalue weighted by molar-refractivity contribution is 5.11. The third kappa shape index (κ3) is 2.12. The van der Waals surface area contributed by atoms with Crippen LogP contribution in [0.15, 0.2) is 0 Å². The van der Waals surface area contributed by atoms with Crippen molar-refractivity contribution in [1.29, 1.82) is 0 Å². The van der Waals surface area contributed by atoms with Crippen LogP contribution in [0.5, 0.6) is 0 Å². The molecule has 0 aromatic carbocycles. The fourth-order valence-electron chi connectivity index (χ4n) is 3.98. The number of quaternary nitrogens is 1. The molecule has 0 saturated heterocycles. The summed E-state index contributed by atoms with van der Waals surface area (Å²) in [5.41, 5.74) is 0.897. The van der Waals surface area contributed by atoms with E-state index < -0.39 is 0 Å². The molecule has 0 radical (unpaired) electrons. The second-order valence-corrected chi connectivity index (χ2v) is 7.95. The van der Waals surface area contributed by atoms with Crippen LogP contribution in [0.25, 0.3) is 0 Å². The van der Waals surface area contributed by atoms with Gasteiger partial charge in [-0.25, -0.2) is 0 Å². The van der Waals surface area contributed by atoms with Crippen molar-refractivity contribution in [3.8, 4) is 0 Å². The van der Waals surface area contributed by atoms with Crippen molar-refractivity contribution in [3.05, 3.63) is 0 Å². The second-order valence-electron chi connectivity index (χ2n) is 7.95. The molecule has 2 aliphatic rings. The topological polar surface area (TPSA) is 9.23 Å². The molecular weight excluding hydrogens is 222 g/mol. The van der Waals surface area contributed by atoms with Gasteiger partial charge in [0.05, 0.1) is 33.4 Å². The van der Waals surface area contributed by atoms with E-state index >= 15 is 0 Å². The lowest BCUT2D eigenvalue weighted by Crippen LogP contribution is -2.44. The molecule has 2 heteroatoms. The van der Waals surface area contributed by atoms with Crippen LogP contribution in [0.4, 0.5) is 0 Å². The van der Waals surface area contributed by atoms with Gasteiger partial charge in [0.15, 0.2) is 0 Å². The number of ether oxygens (including phenoxy) is 1. The predicted molar refractivity (Wildman–Crippen MR) is 76.5 cm³/mol. The summed E-state index contributed by atoms with van der Waals surface area (Å²) in [6, 6.07) is 0. The van der Waals surface area contributed by atoms with E-state index in [1.54, 1.807) is 0 Å². The number of hydrogen-bond acceptors (Lipinski definition) is 1. The van der Waals surface area contributed by atoms with Gasteiger partial charge in [0, 0.05) is 0 Å². The van der Waals surface area contributed by atoms with Gasteiger partial charge in [-0.2, -0.15) is 0 Å². The number of nitrogens with zero attached hydrogens (tertiary/aromatic N) is 1. The Bertz CT molecular complexity index is 310. The standard InChI is InChI=1S/C16H32NO/c1-7-17(5,6)10-11-18-14-12-13-8-9-16(14,4)15(13,2)3/h13-14H,7-12H2,1-6H3/q+1/t13-,14-,16+/m0/s1. The summed E-state index contributed by atoms with van der Waals surface area (Å²) in [5, 5.41) is 0. The van der Waals surface area contributed by atoms with Gasteiger partial charge in [-0.3, -0.25) is 0 Å². The van der Waals surface area contributed by atoms with Crippen molar-refractivity contribution < 1.29 is 9.22 Å². The van der Waals surface area contributed by atoms with Crippen molar-refractivity contribution in [1.82, 2.24) is 0 Å². The van der Waals surface area contributed by atoms with Crippen LogP contribution >= 0.6 is 0 Å². The molecule has 0 unspecified atom stereocenters. The van der Waals surface area contributed by atoms with E-state index in [1.807, 2.05) is 0 Å². The normalized spacial score (nSPS) is 38.3. The van der Waals surface area contributed by atoms with Gasteiger partial charge in [-0.05, 0) is 42.9 Å². The summed E-state index contributed by atoms with van der Waals surface area (Å²) in [7, 11) is 4.58. The number of fused-ring (bicyclic) bond motifs is 2. The minimum atomic E-state index is 0.418. The molecule has 0 aromatic heterocycles. The van der Waals surface area contributed by atoms with Crippen molar-refractivity contribution in [2.75, 3.05) is 33.8 Å². The Morgan fingerprint density at radius 2 is 1.89 bits per heavy atom. The van der Waals surface area contributed by atoms with E-state index in [-0.39, 0.29) is 0 Å². The average molecular weight is 254 g/mol. The first-order valence-corrected chi connectivity index (χ1v) is 7.66. The number of rotatable bonds is 5. The fraction of sp³-hybridized carbons (Fsp3) is 1.00. The third-order valence-corrected chi connectivity index (χ3v) is 6.59. The summed E-state index contributed by atoms with van der Waals surface area (Å²) in [6.07, 6.45) is 4.58. The molecule has 0 aromatic rings. The highest BCUT2D eigenvalue weighted by atomic mass is 16.5. The quantitative estimate of drug-likeness (QED) is 0.684. The lowest BCUT2D eigenvalue weighted by atomic mass is 9.70. The van der Waals surface area contributed by atoms with Gasteiger partial charge in [0.25, 0.3) is 0 Å². The molecule has 0 amide bonds. The molecule has 2 aliphatic carbocycles. The molecule has 0 spiro atoms. The first kappa shape index (κ1) is 14.3. The third-order valence-electron chi connectivity index (χ3n) is 6.59. The highest BCUT2D eigenvalue weighted by Crippen LogP contribution is 2.66. The minimum Gasteiger partial charge on any atom is -0.372 e. The summed E-state index contributed by atoms with van der Waals surface area (Å²) in [4.78, 5) is 0. The summed E-state index contributed by atoms with van der Waals surface area (Å²) < 4.78 is 7.36. The summed E-state index contributed by atoms with van der Waals surface area (Å²) in [6.45, 7) is 12.9. The maximum absolute atomic E-state index is 6.30. The number of likely N-dealkylation sites (N-methyl/N-ethyl adjacent to an activating group) is 1. The van der Waals surface area contributed by atoms with Crippen LogP contribution in [0.3, 0.4) is 0 Å². The average Bonchev–Trinajstić information content (AvgIpc) is 2.62. The zero-order valence-electron chi connectivity index (χ0n) is 13.3. The molecule has 2 nitrogen and oxygen atoms in total. The maximum Gasteiger partial charge on any atom is 0.102 e. The van der Waals surface area contributed by atoms with E-state index in [2.05, 4.69) is 41.8 Å². The Kier molecular flexibility index (Phi) is 3.57. The van der Waals surface area contributed by atoms with Crippen LogP contribution in [0.2, 0.25) is 0 Å². The van der Waals surface area contributed by atoms with E-state index in [0.29, 0.717) is 16.9 Å². The molecule has 2 fully saturated rings. The van der Waals surface area contributed by atoms with Gasteiger partial charge < -0.3 is 9.22 Å². The molecule has 0 heterocycles. The van der Waals surface area contributed by atoms with Crippen molar-refractivity contribution in [3.63, 3.8) is 0 Å². The zero-order valence-corrected chi connectivity index (χ0v) is 13.3. The molecule has 0 aliphatic heterocycles. The Morgan fingerprint density at radius 1 is 1.22 bits per heavy atom.